The highest BCUT2D eigenvalue weighted by atomic mass is 16.6. The Morgan fingerprint density at radius 3 is 1.41 bits per heavy atom. The van der Waals surface area contributed by atoms with E-state index in [1.165, 1.54) is 0 Å². The second kappa shape index (κ2) is 13.0. The molecule has 0 aromatic carbocycles. The maximum absolute atomic E-state index is 12.5. The van der Waals surface area contributed by atoms with Crippen molar-refractivity contribution >= 4 is 23.5 Å². The van der Waals surface area contributed by atoms with Gasteiger partial charge in [-0.2, -0.15) is 0 Å². The zero-order valence-electron chi connectivity index (χ0n) is 19.9. The Kier molecular flexibility index (Phi) is 10.7. The molecule has 2 atom stereocenters. The Morgan fingerprint density at radius 1 is 0.688 bits per heavy atom. The van der Waals surface area contributed by atoms with Crippen LogP contribution in [0.3, 0.4) is 0 Å². The normalized spacial score (nSPS) is 23.6. The Labute approximate surface area is 190 Å². The van der Waals surface area contributed by atoms with Crippen LogP contribution >= 0.6 is 0 Å². The molecule has 0 bridgehead atoms. The van der Waals surface area contributed by atoms with Crippen LogP contribution < -0.4 is 0 Å². The summed E-state index contributed by atoms with van der Waals surface area (Å²) in [6, 6.07) is 0. The number of rotatable bonds is 10. The molecular formula is C22H38N4O6. The van der Waals surface area contributed by atoms with Gasteiger partial charge in [-0.15, -0.1) is 0 Å². The fourth-order valence-corrected chi connectivity index (χ4v) is 3.97. The molecule has 32 heavy (non-hydrogen) atoms. The van der Waals surface area contributed by atoms with Crippen molar-refractivity contribution in [3.63, 3.8) is 0 Å². The number of likely N-dealkylation sites (N-methyl/N-ethyl adjacent to an activating group) is 2. The Hall–Kier alpha value is -1.88. The van der Waals surface area contributed by atoms with Crippen LogP contribution in [0.25, 0.3) is 0 Å². The fraction of sp³-hybridized carbons (Fsp3) is 0.818. The van der Waals surface area contributed by atoms with Crippen molar-refractivity contribution in [1.29, 1.82) is 0 Å². The molecule has 2 heterocycles. The van der Waals surface area contributed by atoms with E-state index in [0.717, 1.165) is 13.1 Å². The van der Waals surface area contributed by atoms with Gasteiger partial charge in [-0.1, -0.05) is 0 Å². The van der Waals surface area contributed by atoms with Crippen LogP contribution in [-0.4, -0.2) is 122 Å². The van der Waals surface area contributed by atoms with Gasteiger partial charge < -0.3 is 28.9 Å². The first kappa shape index (κ1) is 26.4. The van der Waals surface area contributed by atoms with Gasteiger partial charge in [-0.05, 0) is 40.8 Å². The number of esters is 2. The molecule has 0 spiro atoms. The number of ether oxygens (including phenoxy) is 2. The van der Waals surface area contributed by atoms with E-state index >= 15 is 0 Å². The number of ketones is 2. The molecule has 2 rings (SSSR count). The van der Waals surface area contributed by atoms with Gasteiger partial charge in [0.15, 0.2) is 12.5 Å². The third-order valence-corrected chi connectivity index (χ3v) is 5.89. The van der Waals surface area contributed by atoms with Crippen LogP contribution in [0.2, 0.25) is 0 Å². The number of carbonyl (C=O) groups excluding carboxylic acids is 4. The second-order valence-corrected chi connectivity index (χ2v) is 8.93. The van der Waals surface area contributed by atoms with Gasteiger partial charge in [0, 0.05) is 65.2 Å². The molecule has 0 aromatic heterocycles. The van der Waals surface area contributed by atoms with E-state index in [2.05, 4.69) is 0 Å². The minimum Gasteiger partial charge on any atom is -0.437 e. The topological polar surface area (TPSA) is 99.7 Å². The lowest BCUT2D eigenvalue weighted by molar-refractivity contribution is -0.190. The fourth-order valence-electron chi connectivity index (χ4n) is 3.97. The lowest BCUT2D eigenvalue weighted by atomic mass is 10.2. The van der Waals surface area contributed by atoms with Gasteiger partial charge in [-0.25, -0.2) is 9.59 Å². The van der Waals surface area contributed by atoms with E-state index in [9.17, 15) is 19.2 Å². The number of carbonyl (C=O) groups is 4. The van der Waals surface area contributed by atoms with Crippen molar-refractivity contribution in [2.45, 2.75) is 52.0 Å². The summed E-state index contributed by atoms with van der Waals surface area (Å²) in [5.41, 5.74) is 0. The van der Waals surface area contributed by atoms with E-state index in [4.69, 9.17) is 9.47 Å². The summed E-state index contributed by atoms with van der Waals surface area (Å²) in [4.78, 5) is 55.6. The molecule has 10 heteroatoms. The Morgan fingerprint density at radius 2 is 1.06 bits per heavy atom. The average molecular weight is 455 g/mol. The molecule has 0 aliphatic carbocycles. The summed E-state index contributed by atoms with van der Waals surface area (Å²) in [5.74, 6) is -1.75. The summed E-state index contributed by atoms with van der Waals surface area (Å²) >= 11 is 0. The zero-order chi connectivity index (χ0) is 23.7. The molecular weight excluding hydrogens is 416 g/mol. The summed E-state index contributed by atoms with van der Waals surface area (Å²) in [7, 11) is 3.87. The van der Waals surface area contributed by atoms with Gasteiger partial charge in [0.2, 0.25) is 0 Å². The van der Waals surface area contributed by atoms with Crippen LogP contribution in [0, 0.1) is 0 Å². The molecule has 0 amide bonds. The van der Waals surface area contributed by atoms with Crippen molar-refractivity contribution in [3.8, 4) is 0 Å². The summed E-state index contributed by atoms with van der Waals surface area (Å²) in [5, 5.41) is 0. The molecule has 0 N–H and O–H groups in total. The standard InChI is InChI=1S/C22H38N4O6/c1-17(27)7-5-9-25-13-11-23(3)15-19(25)31-21(29)22(30)32-20-16-24(4)12-14-26(20)10-6-8-18(2)28/h19-20H,5-16H2,1-4H3/t19-,20-/m1/s1. The predicted octanol–water partition coefficient (Wildman–Crippen LogP) is -0.0418. The number of Topliss-reactive ketones (excluding diaryl/α,β-unsaturated/α-hetero) is 2. The van der Waals surface area contributed by atoms with Gasteiger partial charge >= 0.3 is 11.9 Å². The quantitative estimate of drug-likeness (QED) is 0.330. The summed E-state index contributed by atoms with van der Waals surface area (Å²) in [6.07, 6.45) is 1.21. The van der Waals surface area contributed by atoms with Crippen LogP contribution in [0.5, 0.6) is 0 Å². The molecule has 0 aromatic rings. The number of nitrogens with zero attached hydrogens (tertiary/aromatic N) is 4. The SMILES string of the molecule is CC(=O)CCCN1CCN(C)C[C@H]1OC(=O)C(=O)O[C@@H]1CN(C)CCN1CCCC(C)=O. The van der Waals surface area contributed by atoms with Gasteiger partial charge in [0.1, 0.15) is 11.6 Å². The Balaban J connectivity index is 1.91. The summed E-state index contributed by atoms with van der Waals surface area (Å²) in [6.45, 7) is 8.37. The van der Waals surface area contributed by atoms with Crippen molar-refractivity contribution in [3.05, 3.63) is 0 Å². The molecule has 2 aliphatic rings. The van der Waals surface area contributed by atoms with E-state index in [1.807, 2.05) is 33.7 Å². The first-order chi connectivity index (χ1) is 15.2. The highest BCUT2D eigenvalue weighted by Gasteiger charge is 2.34. The van der Waals surface area contributed by atoms with Gasteiger partial charge in [0.05, 0.1) is 0 Å². The number of hydrogen-bond donors (Lipinski definition) is 0. The van der Waals surface area contributed by atoms with Crippen molar-refractivity contribution in [1.82, 2.24) is 19.6 Å². The molecule has 10 nitrogen and oxygen atoms in total. The van der Waals surface area contributed by atoms with E-state index in [1.54, 1.807) is 13.8 Å². The number of piperazine rings is 2. The molecule has 0 unspecified atom stereocenters. The summed E-state index contributed by atoms with van der Waals surface area (Å²) < 4.78 is 11.0. The predicted molar refractivity (Wildman–Crippen MR) is 118 cm³/mol. The Bertz CT molecular complexity index is 617. The lowest BCUT2D eigenvalue weighted by Gasteiger charge is -2.40. The number of hydrogen-bond acceptors (Lipinski definition) is 10. The van der Waals surface area contributed by atoms with Gasteiger partial charge in [-0.3, -0.25) is 9.80 Å². The first-order valence-corrected chi connectivity index (χ1v) is 11.4. The molecule has 0 saturated carbocycles. The minimum absolute atomic E-state index is 0.126. The van der Waals surface area contributed by atoms with Crippen LogP contribution in [0.15, 0.2) is 0 Å². The second-order valence-electron chi connectivity index (χ2n) is 8.93. The zero-order valence-corrected chi connectivity index (χ0v) is 19.9. The third-order valence-electron chi connectivity index (χ3n) is 5.89. The monoisotopic (exact) mass is 454 g/mol. The van der Waals surface area contributed by atoms with Crippen LogP contribution in [-0.2, 0) is 28.7 Å². The third kappa shape index (κ3) is 8.93. The van der Waals surface area contributed by atoms with Gasteiger partial charge in [0.25, 0.3) is 0 Å². The maximum atomic E-state index is 12.5. The van der Waals surface area contributed by atoms with E-state index in [-0.39, 0.29) is 11.6 Å². The first-order valence-electron chi connectivity index (χ1n) is 11.4. The molecule has 2 saturated heterocycles. The minimum atomic E-state index is -1.00. The van der Waals surface area contributed by atoms with E-state index < -0.39 is 24.4 Å². The van der Waals surface area contributed by atoms with Crippen molar-refractivity contribution < 1.29 is 28.7 Å². The highest BCUT2D eigenvalue weighted by molar-refractivity contribution is 6.29. The molecule has 2 fully saturated rings. The molecule has 0 radical (unpaired) electrons. The van der Waals surface area contributed by atoms with Crippen molar-refractivity contribution in [2.75, 3.05) is 66.5 Å². The van der Waals surface area contributed by atoms with Crippen LogP contribution in [0.4, 0.5) is 0 Å². The van der Waals surface area contributed by atoms with E-state index in [0.29, 0.717) is 65.0 Å². The maximum Gasteiger partial charge on any atom is 0.419 e. The van der Waals surface area contributed by atoms with Crippen molar-refractivity contribution in [2.24, 2.45) is 0 Å². The molecule has 2 aliphatic heterocycles. The molecule has 182 valence electrons. The largest absolute Gasteiger partial charge is 0.437 e. The smallest absolute Gasteiger partial charge is 0.419 e. The average Bonchev–Trinajstić information content (AvgIpc) is 2.70. The van der Waals surface area contributed by atoms with Crippen LogP contribution in [0.1, 0.15) is 39.5 Å². The lowest BCUT2D eigenvalue weighted by Crippen LogP contribution is -2.56. The highest BCUT2D eigenvalue weighted by Crippen LogP contribution is 2.15.